The fraction of sp³-hybridized carbons (Fsp3) is 0.368. The summed E-state index contributed by atoms with van der Waals surface area (Å²) in [6, 6.07) is 9.35. The zero-order chi connectivity index (χ0) is 15.1. The first kappa shape index (κ1) is 15.7. The van der Waals surface area contributed by atoms with Crippen LogP contribution in [0.2, 0.25) is 0 Å². The molecule has 2 heteroatoms. The van der Waals surface area contributed by atoms with Gasteiger partial charge in [0, 0.05) is 0 Å². The molecule has 0 heterocycles. The third-order valence-electron chi connectivity index (χ3n) is 3.87. The summed E-state index contributed by atoms with van der Waals surface area (Å²) < 4.78 is 28.8. The lowest BCUT2D eigenvalue weighted by Crippen LogP contribution is -2.21. The highest BCUT2D eigenvalue weighted by molar-refractivity contribution is 5.37. The summed E-state index contributed by atoms with van der Waals surface area (Å²) in [6.07, 6.45) is 10.2. The number of alkyl halides is 1. The van der Waals surface area contributed by atoms with Crippen LogP contribution in [0.1, 0.15) is 43.6 Å². The molecule has 0 aromatic heterocycles. The van der Waals surface area contributed by atoms with Gasteiger partial charge < -0.3 is 0 Å². The first-order chi connectivity index (χ1) is 10.1. The molecule has 21 heavy (non-hydrogen) atoms. The normalized spacial score (nSPS) is 24.7. The lowest BCUT2D eigenvalue weighted by molar-refractivity contribution is 0.260. The highest BCUT2D eigenvalue weighted by Gasteiger charge is 2.30. The highest BCUT2D eigenvalue weighted by atomic mass is 19.1. The molecule has 1 aliphatic rings. The molecule has 0 amide bonds. The number of hydrogen-bond acceptors (Lipinski definition) is 0. The Morgan fingerprint density at radius 2 is 1.90 bits per heavy atom. The van der Waals surface area contributed by atoms with Gasteiger partial charge in [-0.25, -0.2) is 8.78 Å². The average molecular weight is 288 g/mol. The predicted molar refractivity (Wildman–Crippen MR) is 84.6 cm³/mol. The van der Waals surface area contributed by atoms with Crippen molar-refractivity contribution in [2.75, 3.05) is 0 Å². The van der Waals surface area contributed by atoms with E-state index in [4.69, 9.17) is 0 Å². The van der Waals surface area contributed by atoms with Crippen LogP contribution in [0.3, 0.4) is 0 Å². The van der Waals surface area contributed by atoms with Gasteiger partial charge >= 0.3 is 0 Å². The maximum absolute atomic E-state index is 14.6. The molecular weight excluding hydrogens is 266 g/mol. The Kier molecular flexibility index (Phi) is 5.49. The molecule has 112 valence electrons. The molecule has 0 N–H and O–H groups in total. The van der Waals surface area contributed by atoms with Gasteiger partial charge in [-0.15, -0.1) is 6.58 Å². The average Bonchev–Trinajstić information content (AvgIpc) is 2.48. The van der Waals surface area contributed by atoms with E-state index in [2.05, 4.69) is 6.58 Å². The second-order valence-corrected chi connectivity index (χ2v) is 5.59. The minimum atomic E-state index is -1.64. The standard InChI is InChI=1S/C19H22F2/c1-2-3-4-5-9-13-19(21)14-12-17(18(20)15-19)16-10-7-6-8-11-16/h2,6-8,10-12,14-15,17H,1,3-5,9,13H2. The van der Waals surface area contributed by atoms with Crippen LogP contribution in [0, 0.1) is 0 Å². The van der Waals surface area contributed by atoms with E-state index in [0.29, 0.717) is 6.42 Å². The molecule has 2 rings (SSSR count). The van der Waals surface area contributed by atoms with Crippen LogP contribution in [0.5, 0.6) is 0 Å². The highest BCUT2D eigenvalue weighted by Crippen LogP contribution is 2.37. The zero-order valence-corrected chi connectivity index (χ0v) is 12.3. The Morgan fingerprint density at radius 1 is 1.14 bits per heavy atom. The van der Waals surface area contributed by atoms with E-state index >= 15 is 0 Å². The summed E-state index contributed by atoms with van der Waals surface area (Å²) >= 11 is 0. The minimum absolute atomic E-state index is 0.343. The molecule has 2 atom stereocenters. The molecule has 0 aliphatic heterocycles. The van der Waals surface area contributed by atoms with Crippen molar-refractivity contribution in [3.05, 3.63) is 72.6 Å². The predicted octanol–water partition coefficient (Wildman–Crippen LogP) is 6.04. The van der Waals surface area contributed by atoms with Gasteiger partial charge in [0.1, 0.15) is 11.5 Å². The lowest BCUT2D eigenvalue weighted by Gasteiger charge is -2.25. The summed E-state index contributed by atoms with van der Waals surface area (Å²) in [7, 11) is 0. The molecule has 0 spiro atoms. The van der Waals surface area contributed by atoms with Crippen molar-refractivity contribution in [3.63, 3.8) is 0 Å². The quantitative estimate of drug-likeness (QED) is 0.424. The number of rotatable bonds is 7. The van der Waals surface area contributed by atoms with Crippen LogP contribution >= 0.6 is 0 Å². The Labute approximate surface area is 125 Å². The molecule has 0 bridgehead atoms. The SMILES string of the molecule is C=CCCCCCC1(F)C=CC(c2ccccc2)C(F)=C1. The first-order valence-electron chi connectivity index (χ1n) is 7.57. The van der Waals surface area contributed by atoms with E-state index in [1.807, 2.05) is 36.4 Å². The van der Waals surface area contributed by atoms with Crippen molar-refractivity contribution in [1.82, 2.24) is 0 Å². The summed E-state index contributed by atoms with van der Waals surface area (Å²) in [5.74, 6) is -0.840. The fourth-order valence-electron chi connectivity index (χ4n) is 2.66. The summed E-state index contributed by atoms with van der Waals surface area (Å²) in [6.45, 7) is 3.66. The molecule has 0 saturated heterocycles. The third kappa shape index (κ3) is 4.38. The van der Waals surface area contributed by atoms with Crippen LogP contribution in [0.25, 0.3) is 0 Å². The number of benzene rings is 1. The van der Waals surface area contributed by atoms with Gasteiger partial charge in [-0.2, -0.15) is 0 Å². The Balaban J connectivity index is 1.95. The Hall–Kier alpha value is -1.70. The van der Waals surface area contributed by atoms with Crippen molar-refractivity contribution in [1.29, 1.82) is 0 Å². The van der Waals surface area contributed by atoms with E-state index in [1.165, 1.54) is 6.08 Å². The van der Waals surface area contributed by atoms with Gasteiger partial charge in [0.25, 0.3) is 0 Å². The van der Waals surface area contributed by atoms with Gasteiger partial charge in [0.15, 0.2) is 0 Å². The monoisotopic (exact) mass is 288 g/mol. The van der Waals surface area contributed by atoms with Gasteiger partial charge in [0.05, 0.1) is 5.92 Å². The second-order valence-electron chi connectivity index (χ2n) is 5.59. The van der Waals surface area contributed by atoms with Gasteiger partial charge in [0.2, 0.25) is 0 Å². The molecular formula is C19H22F2. The smallest absolute Gasteiger partial charge is 0.150 e. The van der Waals surface area contributed by atoms with E-state index in [-0.39, 0.29) is 0 Å². The van der Waals surface area contributed by atoms with Crippen molar-refractivity contribution in [2.45, 2.75) is 43.7 Å². The van der Waals surface area contributed by atoms with E-state index < -0.39 is 17.4 Å². The number of allylic oxidation sites excluding steroid dienone is 5. The van der Waals surface area contributed by atoms with Crippen molar-refractivity contribution >= 4 is 0 Å². The molecule has 0 fully saturated rings. The van der Waals surface area contributed by atoms with Gasteiger partial charge in [-0.05, 0) is 43.4 Å². The molecule has 2 unspecified atom stereocenters. The van der Waals surface area contributed by atoms with E-state index in [0.717, 1.165) is 37.3 Å². The van der Waals surface area contributed by atoms with E-state index in [9.17, 15) is 8.78 Å². The molecule has 1 aliphatic carbocycles. The first-order valence-corrected chi connectivity index (χ1v) is 7.57. The number of unbranched alkanes of at least 4 members (excludes halogenated alkanes) is 3. The molecule has 0 nitrogen and oxygen atoms in total. The zero-order valence-electron chi connectivity index (χ0n) is 12.3. The van der Waals surface area contributed by atoms with Gasteiger partial charge in [-0.3, -0.25) is 0 Å². The minimum Gasteiger partial charge on any atom is -0.235 e. The lowest BCUT2D eigenvalue weighted by atomic mass is 9.85. The largest absolute Gasteiger partial charge is 0.235 e. The topological polar surface area (TPSA) is 0 Å². The van der Waals surface area contributed by atoms with Crippen LogP contribution in [0.15, 0.2) is 67.0 Å². The maximum atomic E-state index is 14.6. The van der Waals surface area contributed by atoms with Crippen LogP contribution < -0.4 is 0 Å². The third-order valence-corrected chi connectivity index (χ3v) is 3.87. The molecule has 0 saturated carbocycles. The second kappa shape index (κ2) is 7.35. The summed E-state index contributed by atoms with van der Waals surface area (Å²) in [5, 5.41) is 0. The van der Waals surface area contributed by atoms with Crippen molar-refractivity contribution in [3.8, 4) is 0 Å². The Morgan fingerprint density at radius 3 is 2.57 bits per heavy atom. The van der Waals surface area contributed by atoms with Crippen LogP contribution in [0.4, 0.5) is 8.78 Å². The Bertz CT molecular complexity index is 516. The van der Waals surface area contributed by atoms with Crippen LogP contribution in [-0.4, -0.2) is 5.67 Å². The van der Waals surface area contributed by atoms with Crippen molar-refractivity contribution < 1.29 is 8.78 Å². The summed E-state index contributed by atoms with van der Waals surface area (Å²) in [5.41, 5.74) is -0.778. The number of hydrogen-bond donors (Lipinski definition) is 0. The fourth-order valence-corrected chi connectivity index (χ4v) is 2.66. The molecule has 1 aromatic carbocycles. The molecule has 0 radical (unpaired) electrons. The van der Waals surface area contributed by atoms with Crippen LogP contribution in [-0.2, 0) is 0 Å². The van der Waals surface area contributed by atoms with Gasteiger partial charge in [-0.1, -0.05) is 48.9 Å². The molecule has 1 aromatic rings. The van der Waals surface area contributed by atoms with Crippen molar-refractivity contribution in [2.24, 2.45) is 0 Å². The van der Waals surface area contributed by atoms with E-state index in [1.54, 1.807) is 6.08 Å². The maximum Gasteiger partial charge on any atom is 0.150 e. The summed E-state index contributed by atoms with van der Waals surface area (Å²) in [4.78, 5) is 0. The number of halogens is 2.